The number of ether oxygens (including phenoxy) is 3. The first kappa shape index (κ1) is 33.8. The van der Waals surface area contributed by atoms with Crippen LogP contribution >= 0.6 is 12.4 Å². The van der Waals surface area contributed by atoms with Gasteiger partial charge in [0, 0.05) is 36.8 Å². The zero-order valence-corrected chi connectivity index (χ0v) is 22.0. The van der Waals surface area contributed by atoms with Crippen LogP contribution in [0.2, 0.25) is 0 Å². The van der Waals surface area contributed by atoms with Crippen molar-refractivity contribution in [1.29, 1.82) is 0 Å². The quantitative estimate of drug-likeness (QED) is 0.320. The first-order valence-corrected chi connectivity index (χ1v) is 12.0. The monoisotopic (exact) mass is 609 g/mol. The van der Waals surface area contributed by atoms with Crippen LogP contribution in [0.3, 0.4) is 0 Å². The van der Waals surface area contributed by atoms with Gasteiger partial charge >= 0.3 is 18.3 Å². The molecule has 13 heteroatoms. The molecule has 0 fully saturated rings. The summed E-state index contributed by atoms with van der Waals surface area (Å²) in [5, 5.41) is 9.21. The second-order valence-electron chi connectivity index (χ2n) is 9.24. The normalized spacial score (nSPS) is 16.1. The van der Waals surface area contributed by atoms with Gasteiger partial charge in [0.25, 0.3) is 0 Å². The summed E-state index contributed by atoms with van der Waals surface area (Å²) in [5.74, 6) is -0.999. The number of carboxylic acid groups (broad SMARTS) is 1. The van der Waals surface area contributed by atoms with Crippen molar-refractivity contribution in [2.24, 2.45) is 0 Å². The van der Waals surface area contributed by atoms with Crippen LogP contribution in [0.15, 0.2) is 53.6 Å². The Morgan fingerprint density at radius 3 is 2.51 bits per heavy atom. The molecule has 0 saturated heterocycles. The van der Waals surface area contributed by atoms with Gasteiger partial charge in [0.05, 0.1) is 5.56 Å². The van der Waals surface area contributed by atoms with E-state index in [0.29, 0.717) is 49.6 Å². The molecular formula is C28H30ClF6NO5. The molecule has 0 saturated carbocycles. The van der Waals surface area contributed by atoms with E-state index in [-0.39, 0.29) is 38.6 Å². The summed E-state index contributed by atoms with van der Waals surface area (Å²) in [6, 6.07) is 7.72. The van der Waals surface area contributed by atoms with Gasteiger partial charge in [-0.1, -0.05) is 19.6 Å². The molecule has 6 nitrogen and oxygen atoms in total. The van der Waals surface area contributed by atoms with Gasteiger partial charge in [0.2, 0.25) is 0 Å². The average molecular weight is 610 g/mol. The Labute approximate surface area is 239 Å². The van der Waals surface area contributed by atoms with E-state index in [1.54, 1.807) is 24.3 Å². The third-order valence-electron chi connectivity index (χ3n) is 6.21. The summed E-state index contributed by atoms with van der Waals surface area (Å²) in [4.78, 5) is 13.3. The van der Waals surface area contributed by atoms with E-state index in [1.165, 1.54) is 6.07 Å². The van der Waals surface area contributed by atoms with Gasteiger partial charge in [-0.15, -0.1) is 12.4 Å². The van der Waals surface area contributed by atoms with Crippen LogP contribution in [0.5, 0.6) is 17.2 Å². The van der Waals surface area contributed by atoms with E-state index in [9.17, 15) is 36.2 Å². The molecule has 2 aliphatic heterocycles. The fourth-order valence-electron chi connectivity index (χ4n) is 4.17. The zero-order chi connectivity index (χ0) is 28.4. The van der Waals surface area contributed by atoms with Crippen LogP contribution in [-0.4, -0.2) is 54.5 Å². The smallest absolute Gasteiger partial charge is 0.425 e. The van der Waals surface area contributed by atoms with Crippen LogP contribution < -0.4 is 14.2 Å². The number of halogens is 7. The number of carbonyl (C=O) groups is 1. The molecule has 1 atom stereocenters. The average Bonchev–Trinajstić information content (AvgIpc) is 2.87. The highest BCUT2D eigenvalue weighted by Gasteiger charge is 2.41. The largest absolute Gasteiger partial charge is 0.489 e. The fourth-order valence-corrected chi connectivity index (χ4v) is 4.17. The molecule has 2 aliphatic rings. The van der Waals surface area contributed by atoms with Gasteiger partial charge in [-0.25, -0.2) is 4.79 Å². The van der Waals surface area contributed by atoms with E-state index in [2.05, 4.69) is 4.74 Å². The van der Waals surface area contributed by atoms with Crippen molar-refractivity contribution >= 4 is 24.5 Å². The number of fused-ring (bicyclic) bond motifs is 1. The minimum atomic E-state index is -4.93. The molecule has 0 aromatic heterocycles. The number of benzene rings is 2. The Morgan fingerprint density at radius 2 is 1.85 bits per heavy atom. The molecule has 0 spiro atoms. The lowest BCUT2D eigenvalue weighted by Gasteiger charge is -2.28. The Balaban J connectivity index is 0.00000294. The van der Waals surface area contributed by atoms with E-state index in [1.807, 2.05) is 11.0 Å². The lowest BCUT2D eigenvalue weighted by atomic mass is 10.0. The Bertz CT molecular complexity index is 1290. The first-order chi connectivity index (χ1) is 18.3. The fraction of sp³-hybridized carbons (Fsp3) is 0.393. The summed E-state index contributed by atoms with van der Waals surface area (Å²) < 4.78 is 94.8. The molecule has 0 amide bonds. The molecule has 2 aromatic rings. The highest BCUT2D eigenvalue weighted by atomic mass is 35.5. The highest BCUT2D eigenvalue weighted by Crippen LogP contribution is 2.39. The van der Waals surface area contributed by atoms with E-state index in [0.717, 1.165) is 23.7 Å². The maximum Gasteiger partial charge on any atom is 0.425 e. The van der Waals surface area contributed by atoms with Crippen molar-refractivity contribution in [3.63, 3.8) is 0 Å². The Kier molecular flexibility index (Phi) is 11.2. The third kappa shape index (κ3) is 8.80. The number of aliphatic carboxylic acids is 1. The van der Waals surface area contributed by atoms with Crippen molar-refractivity contribution in [2.75, 3.05) is 26.2 Å². The minimum absolute atomic E-state index is 0. The third-order valence-corrected chi connectivity index (χ3v) is 6.21. The molecule has 0 radical (unpaired) electrons. The van der Waals surface area contributed by atoms with Crippen LogP contribution in [0.25, 0.3) is 6.08 Å². The van der Waals surface area contributed by atoms with Gasteiger partial charge in [-0.05, 0) is 54.8 Å². The van der Waals surface area contributed by atoms with Crippen molar-refractivity contribution < 1.29 is 50.5 Å². The number of carboxylic acids is 1. The topological polar surface area (TPSA) is 68.2 Å². The van der Waals surface area contributed by atoms with Crippen molar-refractivity contribution in [3.05, 3.63) is 70.3 Å². The van der Waals surface area contributed by atoms with Gasteiger partial charge in [-0.3, -0.25) is 4.90 Å². The Morgan fingerprint density at radius 1 is 1.12 bits per heavy atom. The van der Waals surface area contributed by atoms with Gasteiger partial charge in [0.15, 0.2) is 6.10 Å². The van der Waals surface area contributed by atoms with Crippen LogP contribution in [0.4, 0.5) is 26.3 Å². The SMILES string of the molecule is C.C[C@H](Oc1ccc(COc2ccc3c(c2)OCC(CN2CCC=C(C(=O)O)C2)=C3)cc1C(F)(F)F)C(F)(F)F.Cl. The molecular weight excluding hydrogens is 580 g/mol. The van der Waals surface area contributed by atoms with E-state index < -0.39 is 35.7 Å². The summed E-state index contributed by atoms with van der Waals surface area (Å²) in [7, 11) is 0. The van der Waals surface area contributed by atoms with Gasteiger partial charge in [-0.2, -0.15) is 26.3 Å². The number of hydrogen-bond donors (Lipinski definition) is 1. The summed E-state index contributed by atoms with van der Waals surface area (Å²) in [6.45, 7) is 2.27. The molecule has 41 heavy (non-hydrogen) atoms. The number of hydrogen-bond acceptors (Lipinski definition) is 5. The van der Waals surface area contributed by atoms with E-state index >= 15 is 0 Å². The van der Waals surface area contributed by atoms with Crippen molar-refractivity contribution in [2.45, 2.75) is 45.8 Å². The second kappa shape index (κ2) is 13.5. The lowest BCUT2D eigenvalue weighted by molar-refractivity contribution is -0.191. The maximum absolute atomic E-state index is 13.5. The molecule has 0 bridgehead atoms. The summed E-state index contributed by atoms with van der Waals surface area (Å²) >= 11 is 0. The maximum atomic E-state index is 13.5. The summed E-state index contributed by atoms with van der Waals surface area (Å²) in [5.41, 5.74) is 0.859. The van der Waals surface area contributed by atoms with Crippen LogP contribution in [-0.2, 0) is 17.6 Å². The van der Waals surface area contributed by atoms with Gasteiger partial charge in [0.1, 0.15) is 30.5 Å². The standard InChI is InChI=1S/C27H25F6NO5.CH4.ClH/c1-16(26(28,29)30)39-23-7-4-17(10-22(23)27(31,32)33)14-37-21-6-5-19-9-18(15-38-24(19)11-21)12-34-8-2-3-20(13-34)25(35)36;;/h3-7,9-11,16H,2,8,12-15H2,1H3,(H,35,36);1H4;1H/t16-;;/m0../s1. The predicted octanol–water partition coefficient (Wildman–Crippen LogP) is 7.16. The van der Waals surface area contributed by atoms with Crippen molar-refractivity contribution in [1.82, 2.24) is 4.90 Å². The molecule has 0 aliphatic carbocycles. The molecule has 2 aromatic carbocycles. The zero-order valence-electron chi connectivity index (χ0n) is 21.1. The highest BCUT2D eigenvalue weighted by molar-refractivity contribution is 5.87. The second-order valence-corrected chi connectivity index (χ2v) is 9.24. The molecule has 0 unspecified atom stereocenters. The van der Waals surface area contributed by atoms with E-state index in [4.69, 9.17) is 9.47 Å². The van der Waals surface area contributed by atoms with Crippen molar-refractivity contribution in [3.8, 4) is 17.2 Å². The number of rotatable bonds is 8. The number of alkyl halides is 6. The van der Waals surface area contributed by atoms with Crippen LogP contribution in [0.1, 0.15) is 37.5 Å². The summed E-state index contributed by atoms with van der Waals surface area (Å²) in [6.07, 6.45) is -7.84. The molecule has 2 heterocycles. The minimum Gasteiger partial charge on any atom is -0.489 e. The Hall–Kier alpha value is -3.38. The molecule has 1 N–H and O–H groups in total. The molecule has 4 rings (SSSR count). The van der Waals surface area contributed by atoms with Gasteiger partial charge < -0.3 is 19.3 Å². The predicted molar refractivity (Wildman–Crippen MR) is 143 cm³/mol. The first-order valence-electron chi connectivity index (χ1n) is 12.0. The molecule has 226 valence electrons. The van der Waals surface area contributed by atoms with Crippen LogP contribution in [0, 0.1) is 0 Å². The number of nitrogens with zero attached hydrogens (tertiary/aromatic N) is 1. The lowest BCUT2D eigenvalue weighted by Crippen LogP contribution is -2.34.